The van der Waals surface area contributed by atoms with Crippen molar-refractivity contribution in [3.05, 3.63) is 11.4 Å². The average Bonchev–Trinajstić information content (AvgIpc) is 2.58. The van der Waals surface area contributed by atoms with Gasteiger partial charge in [0.1, 0.15) is 0 Å². The summed E-state index contributed by atoms with van der Waals surface area (Å²) in [5.41, 5.74) is 0.777. The van der Waals surface area contributed by atoms with Gasteiger partial charge in [-0.2, -0.15) is 0 Å². The van der Waals surface area contributed by atoms with Crippen LogP contribution in [0, 0.1) is 5.92 Å². The van der Waals surface area contributed by atoms with E-state index in [-0.39, 0.29) is 17.9 Å². The first-order valence-electron chi connectivity index (χ1n) is 5.20. The van der Waals surface area contributed by atoms with Crippen LogP contribution >= 0.6 is 0 Å². The topological polar surface area (TPSA) is 47.8 Å². The summed E-state index contributed by atoms with van der Waals surface area (Å²) in [6.45, 7) is 2.70. The second kappa shape index (κ2) is 3.61. The summed E-state index contributed by atoms with van der Waals surface area (Å²) in [5.74, 6) is -3.67. The molecule has 6 heteroatoms. The third kappa shape index (κ3) is 1.83. The molecule has 2 heterocycles. The SMILES string of the molecule is CC(=O)c1nnn2c1CC(C(C)(F)F)CC2. The zero-order chi connectivity index (χ0) is 11.9. The Morgan fingerprint density at radius 3 is 2.81 bits per heavy atom. The average molecular weight is 229 g/mol. The molecular formula is C10H13F2N3O. The molecule has 0 aliphatic carbocycles. The maximum absolute atomic E-state index is 13.2. The third-order valence-corrected chi connectivity index (χ3v) is 3.02. The van der Waals surface area contributed by atoms with E-state index in [1.807, 2.05) is 0 Å². The van der Waals surface area contributed by atoms with E-state index in [0.717, 1.165) is 6.92 Å². The number of rotatable bonds is 2. The number of Topliss-reactive ketones (excluding diaryl/α,β-unsaturated/α-hetero) is 1. The number of aromatic nitrogens is 3. The zero-order valence-corrected chi connectivity index (χ0v) is 9.20. The van der Waals surface area contributed by atoms with Gasteiger partial charge in [0.25, 0.3) is 0 Å². The Kier molecular flexibility index (Phi) is 2.52. The van der Waals surface area contributed by atoms with Crippen molar-refractivity contribution in [3.63, 3.8) is 0 Å². The van der Waals surface area contributed by atoms with Crippen molar-refractivity contribution in [1.82, 2.24) is 15.0 Å². The second-order valence-corrected chi connectivity index (χ2v) is 4.31. The van der Waals surface area contributed by atoms with Crippen LogP contribution < -0.4 is 0 Å². The molecule has 0 saturated heterocycles. The van der Waals surface area contributed by atoms with Crippen molar-refractivity contribution in [2.24, 2.45) is 5.92 Å². The van der Waals surface area contributed by atoms with Crippen LogP contribution in [0.5, 0.6) is 0 Å². The minimum Gasteiger partial charge on any atom is -0.293 e. The van der Waals surface area contributed by atoms with Crippen LogP contribution in [-0.4, -0.2) is 26.7 Å². The molecule has 0 N–H and O–H groups in total. The van der Waals surface area contributed by atoms with E-state index in [2.05, 4.69) is 10.3 Å². The fourth-order valence-electron chi connectivity index (χ4n) is 2.03. The first-order chi connectivity index (χ1) is 7.39. The number of nitrogens with zero attached hydrogens (tertiary/aromatic N) is 3. The molecule has 0 saturated carbocycles. The number of ketones is 1. The van der Waals surface area contributed by atoms with Gasteiger partial charge in [0.15, 0.2) is 11.5 Å². The molecule has 1 aromatic heterocycles. The molecule has 0 fully saturated rings. The van der Waals surface area contributed by atoms with Gasteiger partial charge in [0.2, 0.25) is 5.92 Å². The lowest BCUT2D eigenvalue weighted by molar-refractivity contribution is -0.0491. The third-order valence-electron chi connectivity index (χ3n) is 3.02. The monoisotopic (exact) mass is 229 g/mol. The first-order valence-corrected chi connectivity index (χ1v) is 5.20. The normalized spacial score (nSPS) is 20.6. The Hall–Kier alpha value is -1.33. The number of halogens is 2. The van der Waals surface area contributed by atoms with E-state index in [1.54, 1.807) is 4.68 Å². The quantitative estimate of drug-likeness (QED) is 0.725. The number of aryl methyl sites for hydroxylation is 1. The van der Waals surface area contributed by atoms with Gasteiger partial charge in [-0.05, 0) is 13.3 Å². The molecule has 88 valence electrons. The van der Waals surface area contributed by atoms with E-state index < -0.39 is 11.8 Å². The smallest absolute Gasteiger partial charge is 0.248 e. The largest absolute Gasteiger partial charge is 0.293 e. The number of carbonyl (C=O) groups excluding carboxylic acids is 1. The van der Waals surface area contributed by atoms with Gasteiger partial charge in [-0.1, -0.05) is 5.21 Å². The molecule has 4 nitrogen and oxygen atoms in total. The molecule has 0 aromatic carbocycles. The van der Waals surface area contributed by atoms with Crippen molar-refractivity contribution in [2.45, 2.75) is 39.2 Å². The lowest BCUT2D eigenvalue weighted by Crippen LogP contribution is -2.32. The minimum atomic E-state index is -2.72. The van der Waals surface area contributed by atoms with Gasteiger partial charge in [-0.25, -0.2) is 13.5 Å². The molecular weight excluding hydrogens is 216 g/mol. The Morgan fingerprint density at radius 2 is 2.25 bits per heavy atom. The summed E-state index contributed by atoms with van der Waals surface area (Å²) in [7, 11) is 0. The second-order valence-electron chi connectivity index (χ2n) is 4.31. The molecule has 0 bridgehead atoms. The molecule has 1 aliphatic rings. The highest BCUT2D eigenvalue weighted by molar-refractivity contribution is 5.93. The Bertz CT molecular complexity index is 422. The van der Waals surface area contributed by atoms with Crippen LogP contribution in [0.25, 0.3) is 0 Å². The van der Waals surface area contributed by atoms with E-state index in [0.29, 0.717) is 18.7 Å². The predicted molar refractivity (Wildman–Crippen MR) is 52.5 cm³/mol. The van der Waals surface area contributed by atoms with Crippen molar-refractivity contribution in [3.8, 4) is 0 Å². The number of alkyl halides is 2. The maximum atomic E-state index is 13.2. The summed E-state index contributed by atoms with van der Waals surface area (Å²) in [4.78, 5) is 11.2. The summed E-state index contributed by atoms with van der Waals surface area (Å²) >= 11 is 0. The molecule has 1 aromatic rings. The Balaban J connectivity index is 2.31. The fraction of sp³-hybridized carbons (Fsp3) is 0.700. The van der Waals surface area contributed by atoms with Crippen LogP contribution in [0.15, 0.2) is 0 Å². The standard InChI is InChI=1S/C10H13F2N3O/c1-6(16)9-8-5-7(10(2,11)12)3-4-15(8)14-13-9/h7H,3-5H2,1-2H3. The van der Waals surface area contributed by atoms with Gasteiger partial charge in [0.05, 0.1) is 5.69 Å². The highest BCUT2D eigenvalue weighted by Gasteiger charge is 2.38. The van der Waals surface area contributed by atoms with Crippen LogP contribution in [0.4, 0.5) is 8.78 Å². The van der Waals surface area contributed by atoms with Crippen LogP contribution in [0.3, 0.4) is 0 Å². The summed E-state index contributed by atoms with van der Waals surface area (Å²) in [5, 5.41) is 7.53. The van der Waals surface area contributed by atoms with E-state index in [4.69, 9.17) is 0 Å². The summed E-state index contributed by atoms with van der Waals surface area (Å²) in [6, 6.07) is 0. The predicted octanol–water partition coefficient (Wildman–Crippen LogP) is 1.70. The lowest BCUT2D eigenvalue weighted by atomic mass is 9.90. The molecule has 2 rings (SSSR count). The van der Waals surface area contributed by atoms with Gasteiger partial charge >= 0.3 is 0 Å². The molecule has 16 heavy (non-hydrogen) atoms. The molecule has 0 radical (unpaired) electrons. The van der Waals surface area contributed by atoms with Gasteiger partial charge in [-0.3, -0.25) is 4.79 Å². The highest BCUT2D eigenvalue weighted by Crippen LogP contribution is 2.33. The van der Waals surface area contributed by atoms with Crippen LogP contribution in [-0.2, 0) is 13.0 Å². The first kappa shape index (κ1) is 11.2. The molecule has 0 spiro atoms. The fourth-order valence-corrected chi connectivity index (χ4v) is 2.03. The number of hydrogen-bond donors (Lipinski definition) is 0. The van der Waals surface area contributed by atoms with E-state index >= 15 is 0 Å². The molecule has 1 atom stereocenters. The van der Waals surface area contributed by atoms with Gasteiger partial charge in [0, 0.05) is 25.8 Å². The number of hydrogen-bond acceptors (Lipinski definition) is 3. The summed E-state index contributed by atoms with van der Waals surface area (Å²) < 4.78 is 28.0. The Labute approximate surface area is 91.6 Å². The minimum absolute atomic E-state index is 0.172. The van der Waals surface area contributed by atoms with Gasteiger partial charge < -0.3 is 0 Å². The maximum Gasteiger partial charge on any atom is 0.248 e. The highest BCUT2D eigenvalue weighted by atomic mass is 19.3. The van der Waals surface area contributed by atoms with Crippen molar-refractivity contribution >= 4 is 5.78 Å². The Morgan fingerprint density at radius 1 is 1.56 bits per heavy atom. The molecule has 1 unspecified atom stereocenters. The van der Waals surface area contributed by atoms with E-state index in [1.165, 1.54) is 6.92 Å². The van der Waals surface area contributed by atoms with E-state index in [9.17, 15) is 13.6 Å². The lowest BCUT2D eigenvalue weighted by Gasteiger charge is -2.27. The van der Waals surface area contributed by atoms with Crippen molar-refractivity contribution in [1.29, 1.82) is 0 Å². The van der Waals surface area contributed by atoms with Crippen molar-refractivity contribution in [2.75, 3.05) is 0 Å². The van der Waals surface area contributed by atoms with Crippen LogP contribution in [0.2, 0.25) is 0 Å². The zero-order valence-electron chi connectivity index (χ0n) is 9.20. The number of carbonyl (C=O) groups is 1. The number of fused-ring (bicyclic) bond motifs is 1. The molecule has 0 amide bonds. The van der Waals surface area contributed by atoms with Crippen LogP contribution in [0.1, 0.15) is 36.5 Å². The van der Waals surface area contributed by atoms with Gasteiger partial charge in [-0.15, -0.1) is 5.10 Å². The molecule has 1 aliphatic heterocycles. The van der Waals surface area contributed by atoms with Crippen molar-refractivity contribution < 1.29 is 13.6 Å². The summed E-state index contributed by atoms with van der Waals surface area (Å²) in [6.07, 6.45) is 0.544.